The Balaban J connectivity index is 1.00. The highest BCUT2D eigenvalue weighted by atomic mass is 14.5. The summed E-state index contributed by atoms with van der Waals surface area (Å²) in [7, 11) is 0. The van der Waals surface area contributed by atoms with Crippen molar-refractivity contribution in [1.29, 1.82) is 0 Å². The quantitative estimate of drug-likeness (QED) is 0.135. The molecule has 3 aliphatic carbocycles. The summed E-state index contributed by atoms with van der Waals surface area (Å²) in [5.41, 5.74) is 30.6. The van der Waals surface area contributed by atoms with Crippen molar-refractivity contribution in [2.24, 2.45) is 0 Å². The van der Waals surface area contributed by atoms with Crippen LogP contribution >= 0.6 is 0 Å². The van der Waals surface area contributed by atoms with Crippen molar-refractivity contribution in [3.05, 3.63) is 337 Å². The zero-order valence-electron chi connectivity index (χ0n) is 44.0. The van der Waals surface area contributed by atoms with Gasteiger partial charge in [0.05, 0.1) is 0 Å². The molecule has 0 aliphatic heterocycles. The summed E-state index contributed by atoms with van der Waals surface area (Å²) < 4.78 is 0. The molecule has 0 heteroatoms. The van der Waals surface area contributed by atoms with Crippen LogP contribution in [0.3, 0.4) is 0 Å². The molecule has 0 amide bonds. The van der Waals surface area contributed by atoms with Crippen LogP contribution in [0, 0.1) is 0 Å². The Morgan fingerprint density at radius 3 is 0.812 bits per heavy atom. The van der Waals surface area contributed by atoms with Gasteiger partial charge in [-0.1, -0.05) is 303 Å². The van der Waals surface area contributed by atoms with E-state index in [1.165, 1.54) is 155 Å². The Hall–Kier alpha value is -10.1. The maximum atomic E-state index is 2.47. The lowest BCUT2D eigenvalue weighted by Gasteiger charge is -2.39. The average molecular weight is 1010 g/mol. The molecule has 0 N–H and O–H groups in total. The van der Waals surface area contributed by atoms with Crippen molar-refractivity contribution in [2.45, 2.75) is 11.8 Å². The first-order valence-electron chi connectivity index (χ1n) is 28.1. The maximum Gasteiger partial charge on any atom is 0.0211 e. The molecule has 372 valence electrons. The monoisotopic (exact) mass is 1010 g/mol. The molecule has 16 rings (SSSR count). The first-order chi connectivity index (χ1) is 39.8. The van der Waals surface area contributed by atoms with Crippen molar-refractivity contribution >= 4 is 43.8 Å². The van der Waals surface area contributed by atoms with Crippen LogP contribution in [0.5, 0.6) is 0 Å². The predicted molar refractivity (Wildman–Crippen MR) is 338 cm³/mol. The van der Waals surface area contributed by atoms with Gasteiger partial charge in [0.1, 0.15) is 0 Å². The van der Waals surface area contributed by atoms with Gasteiger partial charge < -0.3 is 0 Å². The van der Waals surface area contributed by atoms with E-state index in [0.717, 1.165) is 0 Å². The highest BCUT2D eigenvalue weighted by Crippen LogP contribution is 2.66. The van der Waals surface area contributed by atoms with Crippen LogP contribution in [-0.4, -0.2) is 0 Å². The zero-order valence-corrected chi connectivity index (χ0v) is 44.0. The summed E-state index contributed by atoms with van der Waals surface area (Å²) >= 11 is 0. The van der Waals surface area contributed by atoms with Crippen molar-refractivity contribution in [2.75, 3.05) is 0 Å². The van der Waals surface area contributed by atoms with Crippen molar-refractivity contribution in [1.82, 2.24) is 0 Å². The summed E-state index contributed by atoms with van der Waals surface area (Å²) in [5, 5.41) is 5.15. The van der Waals surface area contributed by atoms with Gasteiger partial charge in [0.25, 0.3) is 0 Å². The maximum absolute atomic E-state index is 2.47. The van der Waals surface area contributed by atoms with E-state index < -0.39 is 0 Å². The van der Waals surface area contributed by atoms with E-state index in [4.69, 9.17) is 0 Å². The molecule has 3 aliphatic rings. The van der Waals surface area contributed by atoms with Gasteiger partial charge in [0, 0.05) is 11.8 Å². The molecule has 0 spiro atoms. The van der Waals surface area contributed by atoms with Gasteiger partial charge >= 0.3 is 0 Å². The van der Waals surface area contributed by atoms with Crippen LogP contribution in [0.15, 0.2) is 303 Å². The fourth-order valence-corrected chi connectivity index (χ4v) is 14.4. The summed E-state index contributed by atoms with van der Waals surface area (Å²) in [6.07, 6.45) is 0. The van der Waals surface area contributed by atoms with Gasteiger partial charge in [-0.25, -0.2) is 0 Å². The fourth-order valence-electron chi connectivity index (χ4n) is 14.4. The average Bonchev–Trinajstić information content (AvgIpc) is 4.26. The molecule has 0 fully saturated rings. The smallest absolute Gasteiger partial charge is 0.0211 e. The highest BCUT2D eigenvalue weighted by Gasteiger charge is 2.44. The number of rotatable bonds is 9. The molecule has 0 nitrogen and oxygen atoms in total. The highest BCUT2D eigenvalue weighted by molar-refractivity contribution is 6.36. The Morgan fingerprint density at radius 1 is 0.175 bits per heavy atom. The van der Waals surface area contributed by atoms with E-state index in [2.05, 4.69) is 303 Å². The molecule has 2 unspecified atom stereocenters. The van der Waals surface area contributed by atoms with Gasteiger partial charge in [-0.15, -0.1) is 0 Å². The lowest BCUT2D eigenvalue weighted by molar-refractivity contribution is 0.767. The third kappa shape index (κ3) is 7.02. The minimum atomic E-state index is 0.0310. The van der Waals surface area contributed by atoms with E-state index in [9.17, 15) is 0 Å². The molecular formula is C80H52. The number of benzene rings is 13. The molecular weight excluding hydrogens is 961 g/mol. The number of hydrogen-bond donors (Lipinski definition) is 0. The van der Waals surface area contributed by atoms with Gasteiger partial charge in [0.15, 0.2) is 0 Å². The minimum absolute atomic E-state index is 0.0310. The van der Waals surface area contributed by atoms with E-state index >= 15 is 0 Å². The van der Waals surface area contributed by atoms with Gasteiger partial charge in [-0.3, -0.25) is 0 Å². The van der Waals surface area contributed by atoms with E-state index in [-0.39, 0.29) is 11.8 Å². The summed E-state index contributed by atoms with van der Waals surface area (Å²) in [5.74, 6) is 0.0621. The molecule has 0 aromatic heterocycles. The minimum Gasteiger partial charge on any atom is -0.0622 e. The van der Waals surface area contributed by atoms with E-state index in [1.807, 2.05) is 0 Å². The molecule has 0 heterocycles. The summed E-state index contributed by atoms with van der Waals surface area (Å²) in [4.78, 5) is 0. The molecule has 13 aromatic rings. The number of allylic oxidation sites excluding steroid dienone is 4. The first-order valence-corrected chi connectivity index (χ1v) is 28.1. The first kappa shape index (κ1) is 46.0. The Kier molecular flexibility index (Phi) is 10.8. The molecule has 0 bridgehead atoms. The third-order valence-corrected chi connectivity index (χ3v) is 17.4. The Labute approximate surface area is 467 Å². The van der Waals surface area contributed by atoms with Crippen molar-refractivity contribution < 1.29 is 0 Å². The lowest BCUT2D eigenvalue weighted by atomic mass is 9.63. The molecule has 2 atom stereocenters. The van der Waals surface area contributed by atoms with E-state index in [1.54, 1.807) is 0 Å². The largest absolute Gasteiger partial charge is 0.0622 e. The molecule has 0 saturated carbocycles. The molecule has 0 radical (unpaired) electrons. The number of fused-ring (bicyclic) bond motifs is 6. The summed E-state index contributed by atoms with van der Waals surface area (Å²) in [6.45, 7) is 0. The van der Waals surface area contributed by atoms with Crippen LogP contribution in [0.25, 0.3) is 122 Å². The van der Waals surface area contributed by atoms with Gasteiger partial charge in [-0.2, -0.15) is 0 Å². The topological polar surface area (TPSA) is 0 Å². The second kappa shape index (κ2) is 18.8. The molecule has 13 aromatic carbocycles. The van der Waals surface area contributed by atoms with Crippen molar-refractivity contribution in [3.63, 3.8) is 0 Å². The SMILES string of the molecule is c1ccc(C2=C3C(=C(c4ccccc4)C(c4ccccc4)C2c2ccccc2)c2ccc(-c4ccc5c6c(cccc46)-c4c(-c6ccccc6)c(-c6ccccc6)c(-c6ccccc6)c(-c6ccccc6)c4-5)c4cccc3c24)cc1. The third-order valence-electron chi connectivity index (χ3n) is 17.4. The molecule has 0 saturated heterocycles. The van der Waals surface area contributed by atoms with Crippen molar-refractivity contribution in [3.8, 4) is 77.9 Å². The van der Waals surface area contributed by atoms with Crippen LogP contribution in [0.2, 0.25) is 0 Å². The van der Waals surface area contributed by atoms with Crippen LogP contribution in [0.4, 0.5) is 0 Å². The zero-order chi connectivity index (χ0) is 52.7. The predicted octanol–water partition coefficient (Wildman–Crippen LogP) is 21.4. The fraction of sp³-hybridized carbons (Fsp3) is 0.0250. The van der Waals surface area contributed by atoms with E-state index in [0.29, 0.717) is 0 Å². The number of hydrogen-bond acceptors (Lipinski definition) is 0. The molecule has 80 heavy (non-hydrogen) atoms. The summed E-state index contributed by atoms with van der Waals surface area (Å²) in [6, 6.07) is 114. The second-order valence-corrected chi connectivity index (χ2v) is 21.6. The lowest BCUT2D eigenvalue weighted by Crippen LogP contribution is -2.21. The van der Waals surface area contributed by atoms with Crippen LogP contribution < -0.4 is 0 Å². The van der Waals surface area contributed by atoms with Crippen LogP contribution in [-0.2, 0) is 0 Å². The Morgan fingerprint density at radius 2 is 0.438 bits per heavy atom. The Bertz CT molecular complexity index is 4390. The van der Waals surface area contributed by atoms with Crippen LogP contribution in [0.1, 0.15) is 45.2 Å². The van der Waals surface area contributed by atoms with Gasteiger partial charge in [0.2, 0.25) is 0 Å². The standard InChI is InChI=1S/C80H52/c1-9-27-51(28-10-1)67-69(53-31-13-3-14-32-53)73(57-39-21-7-22-40-57)79-65-49-47-59(61-43-25-45-63(75(61)65)77(79)71(67)55-35-17-5-18-36-55)60-48-50-66-76-62(60)44-26-46-64(76)78-72(56-37-19-6-20-38-56)68(52-29-11-2-12-30-52)70(54-33-15-4-16-34-54)74(80(66)78)58-41-23-8-24-42-58/h1-50,67,69H. The second-order valence-electron chi connectivity index (χ2n) is 21.6. The van der Waals surface area contributed by atoms with Gasteiger partial charge in [-0.05, 0) is 155 Å². The normalized spacial score (nSPS) is 14.9.